The average molecular weight is 374 g/mol. The highest BCUT2D eigenvalue weighted by Gasteiger charge is 2.34. The Bertz CT molecular complexity index is 832. The fourth-order valence-corrected chi connectivity index (χ4v) is 3.31. The van der Waals surface area contributed by atoms with Gasteiger partial charge >= 0.3 is 0 Å². The Kier molecular flexibility index (Phi) is 5.15. The second-order valence-electron chi connectivity index (χ2n) is 7.43. The lowest BCUT2D eigenvalue weighted by Crippen LogP contribution is -2.42. The first-order valence-electron chi connectivity index (χ1n) is 8.71. The zero-order valence-corrected chi connectivity index (χ0v) is 16.3. The summed E-state index contributed by atoms with van der Waals surface area (Å²) < 4.78 is 11.7. The number of carbonyl (C=O) groups is 1. The van der Waals surface area contributed by atoms with E-state index in [0.717, 1.165) is 22.4 Å². The van der Waals surface area contributed by atoms with Gasteiger partial charge in [-0.15, -0.1) is 0 Å². The molecule has 0 unspecified atom stereocenters. The van der Waals surface area contributed by atoms with Crippen molar-refractivity contribution in [3.05, 3.63) is 58.1 Å². The van der Waals surface area contributed by atoms with Crippen LogP contribution in [0.4, 0.5) is 0 Å². The average Bonchev–Trinajstić information content (AvgIpc) is 2.56. The Hall–Kier alpha value is -2.20. The molecule has 0 saturated heterocycles. The number of benzene rings is 2. The van der Waals surface area contributed by atoms with Gasteiger partial charge in [-0.25, -0.2) is 0 Å². The monoisotopic (exact) mass is 373 g/mol. The predicted octanol–water partition coefficient (Wildman–Crippen LogP) is 4.75. The molecule has 26 heavy (non-hydrogen) atoms. The van der Waals surface area contributed by atoms with Gasteiger partial charge < -0.3 is 14.8 Å². The molecule has 138 valence electrons. The first-order valence-corrected chi connectivity index (χ1v) is 9.09. The molecule has 1 heterocycles. The van der Waals surface area contributed by atoms with Crippen LogP contribution in [0.3, 0.4) is 0 Å². The fourth-order valence-electron chi connectivity index (χ4n) is 3.19. The van der Waals surface area contributed by atoms with Crippen molar-refractivity contribution in [3.8, 4) is 11.5 Å². The second-order valence-corrected chi connectivity index (χ2v) is 7.83. The van der Waals surface area contributed by atoms with Gasteiger partial charge in [0.1, 0.15) is 17.1 Å². The van der Waals surface area contributed by atoms with Crippen LogP contribution in [-0.2, 0) is 4.79 Å². The summed E-state index contributed by atoms with van der Waals surface area (Å²) >= 11 is 6.01. The number of aryl methyl sites for hydroxylation is 2. The van der Waals surface area contributed by atoms with E-state index in [-0.39, 0.29) is 24.2 Å². The zero-order valence-electron chi connectivity index (χ0n) is 15.6. The largest absolute Gasteiger partial charge is 0.487 e. The summed E-state index contributed by atoms with van der Waals surface area (Å²) in [4.78, 5) is 12.4. The number of amides is 1. The maximum Gasteiger partial charge on any atom is 0.258 e. The molecule has 1 N–H and O–H groups in total. The van der Waals surface area contributed by atoms with Crippen molar-refractivity contribution in [1.29, 1.82) is 0 Å². The molecule has 2 aromatic carbocycles. The number of carbonyl (C=O) groups excluding carboxylic acids is 1. The van der Waals surface area contributed by atoms with Gasteiger partial charge in [0, 0.05) is 17.0 Å². The van der Waals surface area contributed by atoms with Gasteiger partial charge in [-0.1, -0.05) is 29.3 Å². The molecular formula is C21H24ClNO3. The van der Waals surface area contributed by atoms with Crippen LogP contribution in [0.25, 0.3) is 0 Å². The highest BCUT2D eigenvalue weighted by molar-refractivity contribution is 6.31. The summed E-state index contributed by atoms with van der Waals surface area (Å²) in [6, 6.07) is 11.3. The van der Waals surface area contributed by atoms with E-state index in [0.29, 0.717) is 17.2 Å². The van der Waals surface area contributed by atoms with E-state index in [2.05, 4.69) is 11.4 Å². The van der Waals surface area contributed by atoms with Crippen molar-refractivity contribution in [3.63, 3.8) is 0 Å². The van der Waals surface area contributed by atoms with Crippen LogP contribution in [0.2, 0.25) is 5.02 Å². The minimum Gasteiger partial charge on any atom is -0.487 e. The maximum absolute atomic E-state index is 12.4. The minimum absolute atomic E-state index is 0.0417. The number of hydrogen-bond donors (Lipinski definition) is 1. The molecule has 0 aliphatic carbocycles. The number of nitrogens with one attached hydrogen (secondary N) is 1. The third-order valence-corrected chi connectivity index (χ3v) is 4.88. The SMILES string of the molecule is Cc1ccc2c(c1)[C@@H](NC(=O)COc1ccc(Cl)c(C)c1)CC(C)(C)O2. The number of hydrogen-bond acceptors (Lipinski definition) is 3. The molecule has 0 saturated carbocycles. The number of rotatable bonds is 4. The van der Waals surface area contributed by atoms with E-state index >= 15 is 0 Å². The van der Waals surface area contributed by atoms with Gasteiger partial charge in [0.25, 0.3) is 5.91 Å². The summed E-state index contributed by atoms with van der Waals surface area (Å²) in [7, 11) is 0. The van der Waals surface area contributed by atoms with E-state index in [1.165, 1.54) is 0 Å². The second kappa shape index (κ2) is 7.20. The van der Waals surface area contributed by atoms with E-state index in [1.54, 1.807) is 12.1 Å². The quantitative estimate of drug-likeness (QED) is 0.840. The lowest BCUT2D eigenvalue weighted by molar-refractivity contribution is -0.124. The van der Waals surface area contributed by atoms with Crippen LogP contribution >= 0.6 is 11.6 Å². The van der Waals surface area contributed by atoms with Gasteiger partial charge in [-0.2, -0.15) is 0 Å². The van der Waals surface area contributed by atoms with Gasteiger partial charge in [0.15, 0.2) is 6.61 Å². The Balaban J connectivity index is 1.68. The van der Waals surface area contributed by atoms with Crippen LogP contribution in [0.15, 0.2) is 36.4 Å². The molecule has 0 bridgehead atoms. The molecule has 0 spiro atoms. The minimum atomic E-state index is -0.339. The van der Waals surface area contributed by atoms with Crippen molar-refractivity contribution in [2.45, 2.75) is 45.8 Å². The Morgan fingerprint density at radius 2 is 2.04 bits per heavy atom. The van der Waals surface area contributed by atoms with Gasteiger partial charge in [-0.3, -0.25) is 4.79 Å². The highest BCUT2D eigenvalue weighted by Crippen LogP contribution is 2.39. The highest BCUT2D eigenvalue weighted by atomic mass is 35.5. The van der Waals surface area contributed by atoms with Crippen LogP contribution in [0.5, 0.6) is 11.5 Å². The Labute approximate surface area is 159 Å². The summed E-state index contributed by atoms with van der Waals surface area (Å²) in [6.45, 7) is 7.95. The first-order chi connectivity index (χ1) is 12.2. The van der Waals surface area contributed by atoms with E-state index in [1.807, 2.05) is 45.9 Å². The normalized spacial score (nSPS) is 17.8. The topological polar surface area (TPSA) is 47.6 Å². The van der Waals surface area contributed by atoms with Crippen molar-refractivity contribution < 1.29 is 14.3 Å². The van der Waals surface area contributed by atoms with Crippen LogP contribution < -0.4 is 14.8 Å². The molecule has 2 aromatic rings. The van der Waals surface area contributed by atoms with Crippen molar-refractivity contribution >= 4 is 17.5 Å². The molecule has 5 heteroatoms. The lowest BCUT2D eigenvalue weighted by Gasteiger charge is -2.38. The van der Waals surface area contributed by atoms with Gasteiger partial charge in [0.05, 0.1) is 6.04 Å². The van der Waals surface area contributed by atoms with Crippen molar-refractivity contribution in [1.82, 2.24) is 5.32 Å². The maximum atomic E-state index is 12.4. The van der Waals surface area contributed by atoms with Crippen LogP contribution in [0, 0.1) is 13.8 Å². The van der Waals surface area contributed by atoms with Crippen molar-refractivity contribution in [2.24, 2.45) is 0 Å². The lowest BCUT2D eigenvalue weighted by atomic mass is 9.89. The molecule has 3 rings (SSSR count). The zero-order chi connectivity index (χ0) is 18.9. The molecule has 0 fully saturated rings. The van der Waals surface area contributed by atoms with Gasteiger partial charge in [-0.05, 0) is 57.5 Å². The summed E-state index contributed by atoms with van der Waals surface area (Å²) in [5.41, 5.74) is 2.73. The number of ether oxygens (including phenoxy) is 2. The third-order valence-electron chi connectivity index (χ3n) is 4.46. The molecular weight excluding hydrogens is 350 g/mol. The number of halogens is 1. The van der Waals surface area contributed by atoms with Crippen molar-refractivity contribution in [2.75, 3.05) is 6.61 Å². The smallest absolute Gasteiger partial charge is 0.258 e. The number of fused-ring (bicyclic) bond motifs is 1. The van der Waals surface area contributed by atoms with E-state index in [9.17, 15) is 4.79 Å². The van der Waals surface area contributed by atoms with Gasteiger partial charge in [0.2, 0.25) is 0 Å². The standard InChI is InChI=1S/C21H24ClNO3/c1-13-5-8-19-16(9-13)18(11-21(3,4)26-19)23-20(24)12-25-15-6-7-17(22)14(2)10-15/h5-10,18H,11-12H2,1-4H3,(H,23,24)/t18-/m0/s1. The predicted molar refractivity (Wildman–Crippen MR) is 103 cm³/mol. The third kappa shape index (κ3) is 4.31. The summed E-state index contributed by atoms with van der Waals surface area (Å²) in [6.07, 6.45) is 0.704. The van der Waals surface area contributed by atoms with Crippen LogP contribution in [0.1, 0.15) is 43.0 Å². The van der Waals surface area contributed by atoms with E-state index in [4.69, 9.17) is 21.1 Å². The Morgan fingerprint density at radius 1 is 1.27 bits per heavy atom. The Morgan fingerprint density at radius 3 is 2.77 bits per heavy atom. The molecule has 0 aromatic heterocycles. The molecule has 0 radical (unpaired) electrons. The summed E-state index contributed by atoms with van der Waals surface area (Å²) in [5.74, 6) is 1.30. The first kappa shape index (κ1) is 18.6. The van der Waals surface area contributed by atoms with E-state index < -0.39 is 0 Å². The molecule has 1 aliphatic rings. The molecule has 1 atom stereocenters. The molecule has 1 amide bonds. The summed E-state index contributed by atoms with van der Waals surface area (Å²) in [5, 5.41) is 3.76. The molecule has 4 nitrogen and oxygen atoms in total. The molecule has 1 aliphatic heterocycles. The fraction of sp³-hybridized carbons (Fsp3) is 0.381. The van der Waals surface area contributed by atoms with Crippen LogP contribution in [-0.4, -0.2) is 18.1 Å².